The first-order valence-corrected chi connectivity index (χ1v) is 3.89. The summed E-state index contributed by atoms with van der Waals surface area (Å²) in [7, 11) is 0. The lowest BCUT2D eigenvalue weighted by atomic mass is 10.1. The third-order valence-electron chi connectivity index (χ3n) is 1.73. The molecule has 0 amide bonds. The van der Waals surface area contributed by atoms with Crippen LogP contribution in [0.2, 0.25) is 0 Å². The van der Waals surface area contributed by atoms with Gasteiger partial charge in [0.2, 0.25) is 0 Å². The fraction of sp³-hybridized carbons (Fsp3) is 0.222. The van der Waals surface area contributed by atoms with Crippen molar-refractivity contribution in [2.24, 2.45) is 5.11 Å². The van der Waals surface area contributed by atoms with E-state index in [9.17, 15) is 4.79 Å². The maximum atomic E-state index is 10.3. The second kappa shape index (κ2) is 4.95. The first kappa shape index (κ1) is 9.29. The van der Waals surface area contributed by atoms with Crippen LogP contribution in [0.1, 0.15) is 11.1 Å². The van der Waals surface area contributed by atoms with E-state index < -0.39 is 0 Å². The smallest absolute Gasteiger partial charge is 0.124 e. The second-order valence-electron chi connectivity index (χ2n) is 2.53. The third-order valence-corrected chi connectivity index (χ3v) is 1.73. The molecule has 0 aromatic heterocycles. The maximum absolute atomic E-state index is 10.3. The quantitative estimate of drug-likeness (QED) is 0.299. The van der Waals surface area contributed by atoms with Gasteiger partial charge in [-0.2, -0.15) is 0 Å². The van der Waals surface area contributed by atoms with E-state index in [1.807, 2.05) is 24.3 Å². The van der Waals surface area contributed by atoms with Crippen molar-refractivity contribution in [1.82, 2.24) is 0 Å². The van der Waals surface area contributed by atoms with Gasteiger partial charge in [0.05, 0.1) is 6.54 Å². The van der Waals surface area contributed by atoms with Crippen molar-refractivity contribution in [1.29, 1.82) is 0 Å². The molecule has 1 aromatic carbocycles. The lowest BCUT2D eigenvalue weighted by Crippen LogP contribution is -1.92. The molecule has 0 saturated carbocycles. The van der Waals surface area contributed by atoms with Crippen molar-refractivity contribution in [2.75, 3.05) is 0 Å². The van der Waals surface area contributed by atoms with Gasteiger partial charge in [0.1, 0.15) is 6.29 Å². The highest BCUT2D eigenvalue weighted by Crippen LogP contribution is 2.09. The van der Waals surface area contributed by atoms with Crippen LogP contribution in [0.4, 0.5) is 0 Å². The minimum atomic E-state index is 0.306. The van der Waals surface area contributed by atoms with Crippen LogP contribution in [0, 0.1) is 0 Å². The van der Waals surface area contributed by atoms with Gasteiger partial charge in [0, 0.05) is 11.3 Å². The zero-order chi connectivity index (χ0) is 9.52. The molecular formula is C9H9N3O. The number of hydrogen-bond acceptors (Lipinski definition) is 2. The van der Waals surface area contributed by atoms with Crippen LogP contribution in [0.3, 0.4) is 0 Å². The number of aldehydes is 1. The Hall–Kier alpha value is -1.80. The predicted octanol–water partition coefficient (Wildman–Crippen LogP) is 2.24. The molecule has 0 aliphatic heterocycles. The van der Waals surface area contributed by atoms with Crippen molar-refractivity contribution < 1.29 is 4.79 Å². The van der Waals surface area contributed by atoms with E-state index in [1.165, 1.54) is 0 Å². The molecule has 0 fully saturated rings. The third kappa shape index (κ3) is 2.61. The van der Waals surface area contributed by atoms with E-state index in [-0.39, 0.29) is 0 Å². The fourth-order valence-corrected chi connectivity index (χ4v) is 1.11. The Morgan fingerprint density at radius 1 is 1.38 bits per heavy atom. The molecule has 0 heterocycles. The lowest BCUT2D eigenvalue weighted by Gasteiger charge is -2.01. The van der Waals surface area contributed by atoms with Crippen molar-refractivity contribution in [2.45, 2.75) is 13.0 Å². The summed E-state index contributed by atoms with van der Waals surface area (Å²) in [6.07, 6.45) is 1.21. The van der Waals surface area contributed by atoms with Crippen LogP contribution in [-0.4, -0.2) is 6.29 Å². The van der Waals surface area contributed by atoms with Crippen molar-refractivity contribution in [3.05, 3.63) is 45.8 Å². The van der Waals surface area contributed by atoms with Gasteiger partial charge in [0.25, 0.3) is 0 Å². The first-order valence-electron chi connectivity index (χ1n) is 3.89. The van der Waals surface area contributed by atoms with Crippen molar-refractivity contribution in [3.8, 4) is 0 Å². The molecule has 0 aliphatic carbocycles. The molecule has 4 heteroatoms. The molecule has 0 N–H and O–H groups in total. The van der Waals surface area contributed by atoms with Crippen LogP contribution in [0.15, 0.2) is 29.4 Å². The van der Waals surface area contributed by atoms with Crippen LogP contribution in [0.5, 0.6) is 0 Å². The molecule has 0 saturated heterocycles. The summed E-state index contributed by atoms with van der Waals surface area (Å²) >= 11 is 0. The highest BCUT2D eigenvalue weighted by molar-refractivity contribution is 5.56. The van der Waals surface area contributed by atoms with E-state index in [0.29, 0.717) is 13.0 Å². The van der Waals surface area contributed by atoms with Crippen molar-refractivity contribution in [3.63, 3.8) is 0 Å². The second-order valence-corrected chi connectivity index (χ2v) is 2.53. The van der Waals surface area contributed by atoms with Gasteiger partial charge in [-0.05, 0) is 16.7 Å². The Bertz CT molecular complexity index is 342. The average Bonchev–Trinajstić information content (AvgIpc) is 2.17. The van der Waals surface area contributed by atoms with Gasteiger partial charge in [-0.1, -0.05) is 29.4 Å². The zero-order valence-electron chi connectivity index (χ0n) is 7.05. The van der Waals surface area contributed by atoms with Crippen molar-refractivity contribution >= 4 is 6.29 Å². The van der Waals surface area contributed by atoms with E-state index in [0.717, 1.165) is 17.4 Å². The van der Waals surface area contributed by atoms with E-state index in [2.05, 4.69) is 10.0 Å². The van der Waals surface area contributed by atoms with Crippen LogP contribution in [0.25, 0.3) is 10.4 Å². The molecule has 4 nitrogen and oxygen atoms in total. The van der Waals surface area contributed by atoms with Crippen LogP contribution >= 0.6 is 0 Å². The fourth-order valence-electron chi connectivity index (χ4n) is 1.11. The molecule has 0 aliphatic rings. The monoisotopic (exact) mass is 175 g/mol. The molecule has 0 radical (unpaired) electrons. The summed E-state index contributed by atoms with van der Waals surface area (Å²) in [5, 5.41) is 3.45. The van der Waals surface area contributed by atoms with Crippen LogP contribution < -0.4 is 0 Å². The Kier molecular flexibility index (Phi) is 3.54. The molecule has 0 atom stereocenters. The Morgan fingerprint density at radius 3 is 2.69 bits per heavy atom. The molecule has 1 aromatic rings. The zero-order valence-corrected chi connectivity index (χ0v) is 7.05. The van der Waals surface area contributed by atoms with Gasteiger partial charge in [-0.25, -0.2) is 0 Å². The number of carbonyl (C=O) groups excluding carboxylic acids is 1. The summed E-state index contributed by atoms with van der Waals surface area (Å²) in [5.74, 6) is 0. The molecule has 1 rings (SSSR count). The molecule has 13 heavy (non-hydrogen) atoms. The number of hydrogen-bond donors (Lipinski definition) is 0. The standard InChI is InChI=1S/C9H9N3O/c10-12-11-7-9-4-2-1-3-8(9)5-6-13/h1-4,6H,5,7H2. The summed E-state index contributed by atoms with van der Waals surface area (Å²) in [5.41, 5.74) is 9.97. The topological polar surface area (TPSA) is 65.8 Å². The largest absolute Gasteiger partial charge is 0.303 e. The first-order chi connectivity index (χ1) is 6.38. The normalized spacial score (nSPS) is 8.92. The van der Waals surface area contributed by atoms with Gasteiger partial charge in [0.15, 0.2) is 0 Å². The number of carbonyl (C=O) groups is 1. The molecule has 0 spiro atoms. The number of nitrogens with zero attached hydrogens (tertiary/aromatic N) is 3. The van der Waals surface area contributed by atoms with E-state index in [4.69, 9.17) is 5.53 Å². The summed E-state index contributed by atoms with van der Waals surface area (Å²) < 4.78 is 0. The predicted molar refractivity (Wildman–Crippen MR) is 49.1 cm³/mol. The van der Waals surface area contributed by atoms with Gasteiger partial charge in [-0.3, -0.25) is 0 Å². The van der Waals surface area contributed by atoms with Gasteiger partial charge >= 0.3 is 0 Å². The number of benzene rings is 1. The summed E-state index contributed by atoms with van der Waals surface area (Å²) in [6, 6.07) is 7.43. The molecule has 0 bridgehead atoms. The van der Waals surface area contributed by atoms with E-state index in [1.54, 1.807) is 0 Å². The summed E-state index contributed by atoms with van der Waals surface area (Å²) in [4.78, 5) is 13.0. The highest BCUT2D eigenvalue weighted by atomic mass is 16.1. The molecule has 0 unspecified atom stereocenters. The Morgan fingerprint density at radius 2 is 2.08 bits per heavy atom. The Labute approximate surface area is 75.8 Å². The van der Waals surface area contributed by atoms with Crippen LogP contribution in [-0.2, 0) is 17.8 Å². The lowest BCUT2D eigenvalue weighted by molar-refractivity contribution is -0.107. The molecule has 66 valence electrons. The molecular weight excluding hydrogens is 166 g/mol. The van der Waals surface area contributed by atoms with Gasteiger partial charge in [-0.15, -0.1) is 0 Å². The number of azide groups is 1. The minimum Gasteiger partial charge on any atom is -0.303 e. The van der Waals surface area contributed by atoms with Gasteiger partial charge < -0.3 is 4.79 Å². The highest BCUT2D eigenvalue weighted by Gasteiger charge is 1.98. The maximum Gasteiger partial charge on any atom is 0.124 e. The SMILES string of the molecule is [N-]=[N+]=NCc1ccccc1CC=O. The summed E-state index contributed by atoms with van der Waals surface area (Å²) in [6.45, 7) is 0.306. The number of rotatable bonds is 4. The van der Waals surface area contributed by atoms with E-state index >= 15 is 0 Å². The Balaban J connectivity index is 2.89. The average molecular weight is 175 g/mol. The minimum absolute atomic E-state index is 0.306.